The highest BCUT2D eigenvalue weighted by Crippen LogP contribution is 2.22. The standard InChI is InChI=1S/C13H14BrFN4/c14-13-9(2-1-3-11(13)15)7-19-12(17-8-18-19)6-16-10-4-5-10/h1-3,8,10,16H,4-7H2. The minimum atomic E-state index is -0.254. The first-order valence-corrected chi connectivity index (χ1v) is 7.06. The Hall–Kier alpha value is -1.27. The van der Waals surface area contributed by atoms with Crippen molar-refractivity contribution in [3.8, 4) is 0 Å². The molecule has 1 heterocycles. The minimum Gasteiger partial charge on any atom is -0.307 e. The number of halogens is 2. The molecule has 1 N–H and O–H groups in total. The van der Waals surface area contributed by atoms with E-state index in [4.69, 9.17) is 0 Å². The van der Waals surface area contributed by atoms with Crippen LogP contribution in [0.4, 0.5) is 4.39 Å². The Morgan fingerprint density at radius 1 is 1.42 bits per heavy atom. The fourth-order valence-corrected chi connectivity index (χ4v) is 2.30. The molecule has 1 saturated carbocycles. The summed E-state index contributed by atoms with van der Waals surface area (Å²) < 4.78 is 15.8. The summed E-state index contributed by atoms with van der Waals surface area (Å²) in [5.41, 5.74) is 0.859. The van der Waals surface area contributed by atoms with Gasteiger partial charge < -0.3 is 5.32 Å². The summed E-state index contributed by atoms with van der Waals surface area (Å²) in [6.45, 7) is 1.22. The molecule has 0 atom stereocenters. The van der Waals surface area contributed by atoms with Crippen molar-refractivity contribution in [2.45, 2.75) is 32.0 Å². The third kappa shape index (κ3) is 3.01. The van der Waals surface area contributed by atoms with Gasteiger partial charge in [-0.3, -0.25) is 0 Å². The molecule has 4 nitrogen and oxygen atoms in total. The lowest BCUT2D eigenvalue weighted by molar-refractivity contribution is 0.576. The molecular weight excluding hydrogens is 311 g/mol. The first-order chi connectivity index (χ1) is 9.24. The second-order valence-electron chi connectivity index (χ2n) is 4.70. The highest BCUT2D eigenvalue weighted by Gasteiger charge is 2.21. The van der Waals surface area contributed by atoms with Crippen molar-refractivity contribution >= 4 is 15.9 Å². The van der Waals surface area contributed by atoms with Crippen LogP contribution >= 0.6 is 15.9 Å². The second-order valence-corrected chi connectivity index (χ2v) is 5.50. The van der Waals surface area contributed by atoms with Crippen molar-refractivity contribution < 1.29 is 4.39 Å². The Balaban J connectivity index is 1.75. The van der Waals surface area contributed by atoms with Crippen LogP contribution in [0.25, 0.3) is 0 Å². The fraction of sp³-hybridized carbons (Fsp3) is 0.385. The van der Waals surface area contributed by atoms with E-state index in [-0.39, 0.29) is 5.82 Å². The van der Waals surface area contributed by atoms with E-state index in [1.54, 1.807) is 10.7 Å². The first kappa shape index (κ1) is 12.7. The summed E-state index contributed by atoms with van der Waals surface area (Å²) in [4.78, 5) is 4.24. The number of aromatic nitrogens is 3. The average molecular weight is 325 g/mol. The Morgan fingerprint density at radius 2 is 2.26 bits per heavy atom. The molecule has 1 aromatic carbocycles. The van der Waals surface area contributed by atoms with E-state index in [9.17, 15) is 4.39 Å². The quantitative estimate of drug-likeness (QED) is 0.918. The van der Waals surface area contributed by atoms with Crippen LogP contribution in [0.3, 0.4) is 0 Å². The molecule has 1 aliphatic carbocycles. The zero-order valence-electron chi connectivity index (χ0n) is 10.3. The summed E-state index contributed by atoms with van der Waals surface area (Å²) >= 11 is 3.27. The predicted octanol–water partition coefficient (Wildman–Crippen LogP) is 2.48. The van der Waals surface area contributed by atoms with E-state index in [2.05, 4.69) is 31.3 Å². The van der Waals surface area contributed by atoms with Crippen molar-refractivity contribution in [3.05, 3.63) is 46.2 Å². The SMILES string of the molecule is Fc1cccc(Cn2ncnc2CNC2CC2)c1Br. The van der Waals surface area contributed by atoms with Gasteiger partial charge in [-0.1, -0.05) is 12.1 Å². The predicted molar refractivity (Wildman–Crippen MR) is 73.1 cm³/mol. The lowest BCUT2D eigenvalue weighted by Gasteiger charge is -2.09. The number of hydrogen-bond acceptors (Lipinski definition) is 3. The molecular formula is C13H14BrFN4. The molecule has 2 aromatic rings. The van der Waals surface area contributed by atoms with Gasteiger partial charge in [0.2, 0.25) is 0 Å². The summed E-state index contributed by atoms with van der Waals surface area (Å²) in [5.74, 6) is 0.623. The van der Waals surface area contributed by atoms with Crippen LogP contribution in [0.2, 0.25) is 0 Å². The van der Waals surface area contributed by atoms with E-state index < -0.39 is 0 Å². The number of hydrogen-bond donors (Lipinski definition) is 1. The van der Waals surface area contributed by atoms with Crippen LogP contribution < -0.4 is 5.32 Å². The molecule has 0 saturated heterocycles. The molecule has 1 fully saturated rings. The van der Waals surface area contributed by atoms with Crippen LogP contribution in [0, 0.1) is 5.82 Å². The van der Waals surface area contributed by atoms with E-state index in [1.807, 2.05) is 6.07 Å². The van der Waals surface area contributed by atoms with Crippen molar-refractivity contribution in [3.63, 3.8) is 0 Å². The minimum absolute atomic E-state index is 0.254. The maximum atomic E-state index is 13.5. The Morgan fingerprint density at radius 3 is 3.05 bits per heavy atom. The molecule has 0 bridgehead atoms. The maximum absolute atomic E-state index is 13.5. The molecule has 0 radical (unpaired) electrons. The van der Waals surface area contributed by atoms with Crippen molar-refractivity contribution in [2.75, 3.05) is 0 Å². The third-order valence-electron chi connectivity index (χ3n) is 3.17. The van der Waals surface area contributed by atoms with Gasteiger partial charge in [0.1, 0.15) is 18.0 Å². The van der Waals surface area contributed by atoms with Crippen molar-refractivity contribution in [2.24, 2.45) is 0 Å². The first-order valence-electron chi connectivity index (χ1n) is 6.27. The summed E-state index contributed by atoms with van der Waals surface area (Å²) in [6, 6.07) is 5.65. The zero-order chi connectivity index (χ0) is 13.2. The molecule has 0 amide bonds. The molecule has 1 aliphatic rings. The number of benzene rings is 1. The van der Waals surface area contributed by atoms with Gasteiger partial charge in [0.05, 0.1) is 17.6 Å². The topological polar surface area (TPSA) is 42.7 Å². The van der Waals surface area contributed by atoms with Crippen molar-refractivity contribution in [1.82, 2.24) is 20.1 Å². The maximum Gasteiger partial charge on any atom is 0.141 e. The third-order valence-corrected chi connectivity index (χ3v) is 4.06. The molecule has 3 rings (SSSR count). The summed E-state index contributed by atoms with van der Waals surface area (Å²) in [7, 11) is 0. The fourth-order valence-electron chi connectivity index (χ4n) is 1.91. The average Bonchev–Trinajstić information content (AvgIpc) is 3.13. The lowest BCUT2D eigenvalue weighted by atomic mass is 10.2. The number of nitrogens with one attached hydrogen (secondary N) is 1. The smallest absolute Gasteiger partial charge is 0.141 e. The molecule has 0 unspecified atom stereocenters. The van der Waals surface area contributed by atoms with E-state index in [0.29, 0.717) is 23.6 Å². The highest BCUT2D eigenvalue weighted by atomic mass is 79.9. The zero-order valence-corrected chi connectivity index (χ0v) is 11.9. The Kier molecular flexibility index (Phi) is 3.61. The molecule has 0 spiro atoms. The van der Waals surface area contributed by atoms with Gasteiger partial charge in [-0.2, -0.15) is 5.10 Å². The van der Waals surface area contributed by atoms with Gasteiger partial charge in [-0.15, -0.1) is 0 Å². The highest BCUT2D eigenvalue weighted by molar-refractivity contribution is 9.10. The Labute approximate surface area is 119 Å². The van der Waals surface area contributed by atoms with Crippen LogP contribution in [-0.4, -0.2) is 20.8 Å². The summed E-state index contributed by atoms with van der Waals surface area (Å²) in [6.07, 6.45) is 4.02. The molecule has 1 aromatic heterocycles. The molecule has 6 heteroatoms. The Bertz CT molecular complexity index is 580. The van der Waals surface area contributed by atoms with Gasteiger partial charge in [-0.25, -0.2) is 14.1 Å². The van der Waals surface area contributed by atoms with Gasteiger partial charge in [0, 0.05) is 6.04 Å². The molecule has 100 valence electrons. The summed E-state index contributed by atoms with van der Waals surface area (Å²) in [5, 5.41) is 7.60. The van der Waals surface area contributed by atoms with Gasteiger partial charge in [-0.05, 0) is 40.4 Å². The second kappa shape index (κ2) is 5.38. The van der Waals surface area contributed by atoms with Crippen LogP contribution in [0.5, 0.6) is 0 Å². The van der Waals surface area contributed by atoms with E-state index in [0.717, 1.165) is 11.4 Å². The number of nitrogens with zero attached hydrogens (tertiary/aromatic N) is 3. The van der Waals surface area contributed by atoms with Crippen LogP contribution in [0.1, 0.15) is 24.2 Å². The van der Waals surface area contributed by atoms with Gasteiger partial charge in [0.15, 0.2) is 0 Å². The van der Waals surface area contributed by atoms with E-state index >= 15 is 0 Å². The van der Waals surface area contributed by atoms with E-state index in [1.165, 1.54) is 25.2 Å². The van der Waals surface area contributed by atoms with Crippen LogP contribution in [0.15, 0.2) is 29.0 Å². The molecule has 0 aliphatic heterocycles. The van der Waals surface area contributed by atoms with Gasteiger partial charge >= 0.3 is 0 Å². The van der Waals surface area contributed by atoms with Crippen LogP contribution in [-0.2, 0) is 13.1 Å². The van der Waals surface area contributed by atoms with Crippen molar-refractivity contribution in [1.29, 1.82) is 0 Å². The number of rotatable bonds is 5. The largest absolute Gasteiger partial charge is 0.307 e. The monoisotopic (exact) mass is 324 g/mol. The normalized spacial score (nSPS) is 14.8. The lowest BCUT2D eigenvalue weighted by Crippen LogP contribution is -2.19. The van der Waals surface area contributed by atoms with Gasteiger partial charge in [0.25, 0.3) is 0 Å². The molecule has 19 heavy (non-hydrogen) atoms.